The van der Waals surface area contributed by atoms with Gasteiger partial charge < -0.3 is 25.0 Å². The van der Waals surface area contributed by atoms with Gasteiger partial charge in [-0.2, -0.15) is 4.98 Å². The number of rotatable bonds is 4. The van der Waals surface area contributed by atoms with Gasteiger partial charge in [-0.25, -0.2) is 4.98 Å². The maximum atomic E-state index is 5.59. The molecule has 2 fully saturated rings. The molecule has 0 unspecified atom stereocenters. The summed E-state index contributed by atoms with van der Waals surface area (Å²) in [7, 11) is 1.69. The fraction of sp³-hybridized carbons (Fsp3) is 0.474. The first-order valence-electron chi connectivity index (χ1n) is 9.17. The van der Waals surface area contributed by atoms with Crippen molar-refractivity contribution in [2.24, 2.45) is 0 Å². The van der Waals surface area contributed by atoms with Crippen molar-refractivity contribution in [3.05, 3.63) is 30.0 Å². The third-order valence-corrected chi connectivity index (χ3v) is 5.62. The van der Waals surface area contributed by atoms with Crippen molar-refractivity contribution in [2.75, 3.05) is 55.5 Å². The lowest BCUT2D eigenvalue weighted by molar-refractivity contribution is 0.122. The first-order valence-corrected chi connectivity index (χ1v) is 9.17. The van der Waals surface area contributed by atoms with E-state index in [2.05, 4.69) is 37.6 Å². The molecular formula is C19H23N5O2. The van der Waals surface area contributed by atoms with Crippen LogP contribution in [0.5, 0.6) is 5.75 Å². The summed E-state index contributed by atoms with van der Waals surface area (Å²) in [6.45, 7) is 4.31. The van der Waals surface area contributed by atoms with Crippen molar-refractivity contribution < 1.29 is 9.47 Å². The highest BCUT2D eigenvalue weighted by atomic mass is 16.5. The molecule has 2 N–H and O–H groups in total. The highest BCUT2D eigenvalue weighted by Crippen LogP contribution is 2.53. The van der Waals surface area contributed by atoms with Gasteiger partial charge in [-0.05, 0) is 25.0 Å². The summed E-state index contributed by atoms with van der Waals surface area (Å²) >= 11 is 0. The zero-order valence-electron chi connectivity index (χ0n) is 14.9. The van der Waals surface area contributed by atoms with E-state index in [0.29, 0.717) is 11.4 Å². The Morgan fingerprint density at radius 2 is 2.12 bits per heavy atom. The molecule has 0 bridgehead atoms. The second kappa shape index (κ2) is 6.02. The molecule has 0 radical (unpaired) electrons. The Bertz CT molecular complexity index is 831. The number of fused-ring (bicyclic) bond motifs is 2. The number of morpholine rings is 1. The van der Waals surface area contributed by atoms with Crippen LogP contribution >= 0.6 is 0 Å². The van der Waals surface area contributed by atoms with E-state index in [9.17, 15) is 0 Å². The molecule has 0 atom stereocenters. The van der Waals surface area contributed by atoms with Gasteiger partial charge in [-0.1, -0.05) is 0 Å². The van der Waals surface area contributed by atoms with Gasteiger partial charge in [0.1, 0.15) is 11.6 Å². The molecule has 1 aliphatic carbocycles. The van der Waals surface area contributed by atoms with Gasteiger partial charge in [-0.15, -0.1) is 0 Å². The van der Waals surface area contributed by atoms with Crippen molar-refractivity contribution in [1.82, 2.24) is 9.97 Å². The number of methoxy groups -OCH3 is 1. The van der Waals surface area contributed by atoms with E-state index in [-0.39, 0.29) is 0 Å². The highest BCUT2D eigenvalue weighted by Gasteiger charge is 2.50. The van der Waals surface area contributed by atoms with E-state index < -0.39 is 0 Å². The number of ether oxygens (including phenoxy) is 2. The van der Waals surface area contributed by atoms with E-state index in [1.165, 1.54) is 18.4 Å². The van der Waals surface area contributed by atoms with E-state index in [0.717, 1.165) is 55.8 Å². The van der Waals surface area contributed by atoms with Crippen LogP contribution in [0.4, 0.5) is 23.1 Å². The first kappa shape index (κ1) is 15.7. The number of anilines is 4. The predicted molar refractivity (Wildman–Crippen MR) is 101 cm³/mol. The molecule has 0 amide bonds. The average molecular weight is 353 g/mol. The van der Waals surface area contributed by atoms with Gasteiger partial charge in [0.15, 0.2) is 0 Å². The molecule has 3 aliphatic rings. The average Bonchev–Trinajstić information content (AvgIpc) is 3.39. The first-order chi connectivity index (χ1) is 12.8. The van der Waals surface area contributed by atoms with Crippen LogP contribution < -0.4 is 20.3 Å². The highest BCUT2D eigenvalue weighted by molar-refractivity contribution is 5.69. The lowest BCUT2D eigenvalue weighted by Gasteiger charge is -2.29. The van der Waals surface area contributed by atoms with Gasteiger partial charge in [0.05, 0.1) is 26.0 Å². The number of nitrogens with one attached hydrogen (secondary N) is 2. The molecule has 2 aromatic rings. The lowest BCUT2D eigenvalue weighted by atomic mass is 10.0. The fourth-order valence-electron chi connectivity index (χ4n) is 3.83. The van der Waals surface area contributed by atoms with Crippen LogP contribution in [0.15, 0.2) is 24.4 Å². The van der Waals surface area contributed by atoms with Gasteiger partial charge in [0.25, 0.3) is 0 Å². The number of hydrogen-bond donors (Lipinski definition) is 2. The third-order valence-electron chi connectivity index (χ3n) is 5.62. The van der Waals surface area contributed by atoms with E-state index >= 15 is 0 Å². The normalized spacial score (nSPS) is 19.8. The molecular weight excluding hydrogens is 330 g/mol. The molecule has 26 heavy (non-hydrogen) atoms. The number of benzene rings is 1. The van der Waals surface area contributed by atoms with Crippen LogP contribution in [0.2, 0.25) is 0 Å². The maximum Gasteiger partial charge on any atom is 0.229 e. The minimum absolute atomic E-state index is 0.311. The Hall–Kier alpha value is -2.54. The van der Waals surface area contributed by atoms with E-state index in [1.807, 2.05) is 12.3 Å². The molecule has 7 nitrogen and oxygen atoms in total. The summed E-state index contributed by atoms with van der Waals surface area (Å²) in [6.07, 6.45) is 4.44. The molecule has 1 saturated carbocycles. The summed E-state index contributed by atoms with van der Waals surface area (Å²) in [4.78, 5) is 11.5. The molecule has 3 heterocycles. The van der Waals surface area contributed by atoms with Gasteiger partial charge >= 0.3 is 0 Å². The summed E-state index contributed by atoms with van der Waals surface area (Å²) in [5.74, 6) is 2.33. The number of nitrogens with zero attached hydrogens (tertiary/aromatic N) is 3. The Labute approximate surface area is 152 Å². The van der Waals surface area contributed by atoms with Crippen LogP contribution in [-0.2, 0) is 10.2 Å². The zero-order valence-corrected chi connectivity index (χ0v) is 14.9. The van der Waals surface area contributed by atoms with Crippen molar-refractivity contribution in [2.45, 2.75) is 18.3 Å². The standard InChI is InChI=1S/C19H23N5O2/c1-25-16-10-13(24-6-8-26-9-7-24)2-3-15(16)22-18-20-11-14-17(23-18)21-12-19(14)4-5-19/h2-3,10-11H,4-9,12H2,1H3,(H2,20,21,22,23). The largest absolute Gasteiger partial charge is 0.494 e. The number of hydrogen-bond acceptors (Lipinski definition) is 7. The Morgan fingerprint density at radius 1 is 1.27 bits per heavy atom. The molecule has 136 valence electrons. The van der Waals surface area contributed by atoms with Crippen LogP contribution in [0, 0.1) is 0 Å². The summed E-state index contributed by atoms with van der Waals surface area (Å²) in [5.41, 5.74) is 3.58. The topological polar surface area (TPSA) is 71.5 Å². The summed E-state index contributed by atoms with van der Waals surface area (Å²) in [5, 5.41) is 6.72. The predicted octanol–water partition coefficient (Wildman–Crippen LogP) is 2.52. The van der Waals surface area contributed by atoms with Gasteiger partial charge in [-0.3, -0.25) is 0 Å². The SMILES string of the molecule is COc1cc(N2CCOCC2)ccc1Nc1ncc2c(n1)NCC21CC1. The third kappa shape index (κ3) is 2.63. The van der Waals surface area contributed by atoms with Crippen LogP contribution in [-0.4, -0.2) is 49.9 Å². The van der Waals surface area contributed by atoms with Crippen LogP contribution in [0.3, 0.4) is 0 Å². The molecule has 1 aromatic heterocycles. The quantitative estimate of drug-likeness (QED) is 0.875. The van der Waals surface area contributed by atoms with Gasteiger partial charge in [0.2, 0.25) is 5.95 Å². The lowest BCUT2D eigenvalue weighted by Crippen LogP contribution is -2.36. The Morgan fingerprint density at radius 3 is 2.88 bits per heavy atom. The van der Waals surface area contributed by atoms with Crippen molar-refractivity contribution >= 4 is 23.1 Å². The second-order valence-corrected chi connectivity index (χ2v) is 7.20. The Balaban J connectivity index is 1.38. The maximum absolute atomic E-state index is 5.59. The smallest absolute Gasteiger partial charge is 0.229 e. The van der Waals surface area contributed by atoms with Crippen LogP contribution in [0.1, 0.15) is 18.4 Å². The van der Waals surface area contributed by atoms with E-state index in [4.69, 9.17) is 9.47 Å². The minimum atomic E-state index is 0.311. The Kier molecular flexibility index (Phi) is 3.63. The zero-order chi connectivity index (χ0) is 17.6. The molecule has 1 aromatic carbocycles. The van der Waals surface area contributed by atoms with E-state index in [1.54, 1.807) is 7.11 Å². The van der Waals surface area contributed by atoms with Crippen molar-refractivity contribution in [1.29, 1.82) is 0 Å². The number of aromatic nitrogens is 2. The molecule has 2 aliphatic heterocycles. The monoisotopic (exact) mass is 353 g/mol. The van der Waals surface area contributed by atoms with Crippen molar-refractivity contribution in [3.8, 4) is 5.75 Å². The molecule has 7 heteroatoms. The van der Waals surface area contributed by atoms with Gasteiger partial charge in [0, 0.05) is 48.6 Å². The second-order valence-electron chi connectivity index (χ2n) is 7.20. The van der Waals surface area contributed by atoms with Crippen LogP contribution in [0.25, 0.3) is 0 Å². The molecule has 1 saturated heterocycles. The molecule has 5 rings (SSSR count). The molecule has 1 spiro atoms. The fourth-order valence-corrected chi connectivity index (χ4v) is 3.83. The van der Waals surface area contributed by atoms with Crippen molar-refractivity contribution in [3.63, 3.8) is 0 Å². The minimum Gasteiger partial charge on any atom is -0.494 e. The summed E-state index contributed by atoms with van der Waals surface area (Å²) in [6, 6.07) is 6.18. The summed E-state index contributed by atoms with van der Waals surface area (Å²) < 4.78 is 11.0.